The van der Waals surface area contributed by atoms with Crippen LogP contribution in [0.5, 0.6) is 0 Å². The third-order valence-corrected chi connectivity index (χ3v) is 5.23. The lowest BCUT2D eigenvalue weighted by atomic mass is 9.85. The number of nitrogens with zero attached hydrogens (tertiary/aromatic N) is 2. The van der Waals surface area contributed by atoms with Crippen LogP contribution in [0, 0.1) is 5.82 Å². The third-order valence-electron chi connectivity index (χ3n) is 5.23. The normalized spacial score (nSPS) is 26.3. The second-order valence-electron chi connectivity index (χ2n) is 6.83. The lowest BCUT2D eigenvalue weighted by Crippen LogP contribution is -2.56. The summed E-state index contributed by atoms with van der Waals surface area (Å²) >= 11 is 0. The number of amides is 2. The van der Waals surface area contributed by atoms with Gasteiger partial charge in [0.25, 0.3) is 0 Å². The molecule has 0 aliphatic carbocycles. The number of ether oxygens (including phenoxy) is 1. The molecule has 1 unspecified atom stereocenters. The van der Waals surface area contributed by atoms with Gasteiger partial charge in [0, 0.05) is 32.5 Å². The molecule has 2 atom stereocenters. The maximum atomic E-state index is 13.3. The van der Waals surface area contributed by atoms with Crippen molar-refractivity contribution in [1.82, 2.24) is 9.80 Å². The zero-order chi connectivity index (χ0) is 18.7. The highest BCUT2D eigenvalue weighted by atomic mass is 19.1. The molecule has 1 N–H and O–H groups in total. The second kappa shape index (κ2) is 7.35. The Bertz CT molecular complexity index is 693. The van der Waals surface area contributed by atoms with Gasteiger partial charge >= 0.3 is 12.2 Å². The summed E-state index contributed by atoms with van der Waals surface area (Å²) in [5.41, 5.74) is -0.118. The van der Waals surface area contributed by atoms with Crippen molar-refractivity contribution >= 4 is 12.2 Å². The van der Waals surface area contributed by atoms with E-state index in [-0.39, 0.29) is 11.9 Å². The minimum atomic E-state index is -0.965. The standard InChI is InChI=1S/C19H23FN2O4/c1-2-9-19(14-5-7-15(20)8-6-14)10-12-22(18(25)26-19)16-4-3-11-21(13-16)17(23)24/h2,5-8,16H,1,3-4,9-13H2,(H,23,24)/t16?,19-/m1/s1. The molecule has 0 bridgehead atoms. The van der Waals surface area contributed by atoms with Gasteiger partial charge in [0.15, 0.2) is 0 Å². The highest BCUT2D eigenvalue weighted by Gasteiger charge is 2.44. The Morgan fingerprint density at radius 2 is 2.12 bits per heavy atom. The highest BCUT2D eigenvalue weighted by molar-refractivity contribution is 5.70. The van der Waals surface area contributed by atoms with E-state index in [1.807, 2.05) is 0 Å². The van der Waals surface area contributed by atoms with E-state index in [2.05, 4.69) is 6.58 Å². The SMILES string of the molecule is C=CC[C@]1(c2ccc(F)cc2)CCN(C2CCCN(C(=O)O)C2)C(=O)O1. The number of carbonyl (C=O) groups excluding carboxylic acids is 1. The van der Waals surface area contributed by atoms with Crippen LogP contribution in [0.1, 0.15) is 31.2 Å². The number of likely N-dealkylation sites (tertiary alicyclic amines) is 1. The molecule has 2 aliphatic rings. The summed E-state index contributed by atoms with van der Waals surface area (Å²) in [6.07, 6.45) is 2.72. The topological polar surface area (TPSA) is 70.1 Å². The minimum Gasteiger partial charge on any atom is -0.465 e. The average Bonchev–Trinajstić information content (AvgIpc) is 2.62. The number of hydrogen-bond donors (Lipinski definition) is 1. The lowest BCUT2D eigenvalue weighted by Gasteiger charge is -2.45. The molecule has 0 aromatic heterocycles. The van der Waals surface area contributed by atoms with Crippen LogP contribution in [0.3, 0.4) is 0 Å². The van der Waals surface area contributed by atoms with E-state index < -0.39 is 17.8 Å². The van der Waals surface area contributed by atoms with E-state index in [9.17, 15) is 19.1 Å². The number of carbonyl (C=O) groups is 2. The van der Waals surface area contributed by atoms with Crippen LogP contribution in [0.25, 0.3) is 0 Å². The molecule has 2 heterocycles. The van der Waals surface area contributed by atoms with Crippen LogP contribution in [-0.2, 0) is 10.3 Å². The van der Waals surface area contributed by atoms with Gasteiger partial charge in [-0.05, 0) is 30.5 Å². The van der Waals surface area contributed by atoms with Crippen molar-refractivity contribution in [2.45, 2.75) is 37.3 Å². The first kappa shape index (κ1) is 18.2. The first-order chi connectivity index (χ1) is 12.4. The molecule has 0 saturated carbocycles. The fourth-order valence-corrected chi connectivity index (χ4v) is 3.84. The molecule has 0 spiro atoms. The molecule has 2 fully saturated rings. The van der Waals surface area contributed by atoms with E-state index in [1.54, 1.807) is 23.1 Å². The van der Waals surface area contributed by atoms with Crippen molar-refractivity contribution in [2.75, 3.05) is 19.6 Å². The van der Waals surface area contributed by atoms with Crippen molar-refractivity contribution in [3.05, 3.63) is 48.3 Å². The number of rotatable bonds is 4. The maximum absolute atomic E-state index is 13.3. The first-order valence-electron chi connectivity index (χ1n) is 8.79. The summed E-state index contributed by atoms with van der Waals surface area (Å²) in [6, 6.07) is 5.80. The van der Waals surface area contributed by atoms with Gasteiger partial charge in [0.05, 0.1) is 6.04 Å². The number of halogens is 1. The summed E-state index contributed by atoms with van der Waals surface area (Å²) in [5.74, 6) is -0.345. The fourth-order valence-electron chi connectivity index (χ4n) is 3.84. The molecule has 2 amide bonds. The molecule has 140 valence electrons. The average molecular weight is 362 g/mol. The molecular formula is C19H23FN2O4. The van der Waals surface area contributed by atoms with Gasteiger partial charge in [-0.2, -0.15) is 0 Å². The Hall–Kier alpha value is -2.57. The Balaban J connectivity index is 1.77. The minimum absolute atomic E-state index is 0.178. The quantitative estimate of drug-likeness (QED) is 0.831. The van der Waals surface area contributed by atoms with E-state index in [1.165, 1.54) is 17.0 Å². The molecule has 2 aliphatic heterocycles. The second-order valence-corrected chi connectivity index (χ2v) is 6.83. The van der Waals surface area contributed by atoms with Gasteiger partial charge in [0.1, 0.15) is 11.4 Å². The van der Waals surface area contributed by atoms with Crippen LogP contribution < -0.4 is 0 Å². The molecular weight excluding hydrogens is 339 g/mol. The first-order valence-corrected chi connectivity index (χ1v) is 8.79. The van der Waals surface area contributed by atoms with Crippen molar-refractivity contribution in [2.24, 2.45) is 0 Å². The Labute approximate surface area is 151 Å². The molecule has 2 saturated heterocycles. The maximum Gasteiger partial charge on any atom is 0.410 e. The molecule has 6 nitrogen and oxygen atoms in total. The van der Waals surface area contributed by atoms with Crippen molar-refractivity contribution in [3.63, 3.8) is 0 Å². The number of piperidine rings is 1. The summed E-state index contributed by atoms with van der Waals surface area (Å²) in [4.78, 5) is 26.9. The lowest BCUT2D eigenvalue weighted by molar-refractivity contribution is -0.0651. The Kier molecular flexibility index (Phi) is 5.15. The Morgan fingerprint density at radius 1 is 1.38 bits per heavy atom. The van der Waals surface area contributed by atoms with Crippen molar-refractivity contribution in [1.29, 1.82) is 0 Å². The highest BCUT2D eigenvalue weighted by Crippen LogP contribution is 2.38. The number of benzene rings is 1. The molecule has 1 aromatic rings. The predicted octanol–water partition coefficient (Wildman–Crippen LogP) is 3.58. The van der Waals surface area contributed by atoms with Crippen molar-refractivity contribution in [3.8, 4) is 0 Å². The van der Waals surface area contributed by atoms with Gasteiger partial charge in [0.2, 0.25) is 0 Å². The molecule has 0 radical (unpaired) electrons. The molecule has 1 aromatic carbocycles. The van der Waals surface area contributed by atoms with Crippen LogP contribution in [0.2, 0.25) is 0 Å². The van der Waals surface area contributed by atoms with Crippen LogP contribution in [0.15, 0.2) is 36.9 Å². The fraction of sp³-hybridized carbons (Fsp3) is 0.474. The van der Waals surface area contributed by atoms with Gasteiger partial charge in [-0.1, -0.05) is 18.2 Å². The van der Waals surface area contributed by atoms with Gasteiger partial charge in [-0.15, -0.1) is 6.58 Å². The number of carboxylic acid groups (broad SMARTS) is 1. The van der Waals surface area contributed by atoms with Gasteiger partial charge < -0.3 is 19.6 Å². The third kappa shape index (κ3) is 3.52. The van der Waals surface area contributed by atoms with E-state index in [4.69, 9.17) is 4.74 Å². The van der Waals surface area contributed by atoms with Crippen molar-refractivity contribution < 1.29 is 23.8 Å². The largest absolute Gasteiger partial charge is 0.465 e. The van der Waals surface area contributed by atoms with Crippen LogP contribution >= 0.6 is 0 Å². The van der Waals surface area contributed by atoms with E-state index in [0.29, 0.717) is 32.5 Å². The van der Waals surface area contributed by atoms with Gasteiger partial charge in [-0.3, -0.25) is 0 Å². The van der Waals surface area contributed by atoms with Crippen LogP contribution in [0.4, 0.5) is 14.0 Å². The summed E-state index contributed by atoms with van der Waals surface area (Å²) < 4.78 is 19.1. The Morgan fingerprint density at radius 3 is 2.73 bits per heavy atom. The van der Waals surface area contributed by atoms with E-state index >= 15 is 0 Å². The monoisotopic (exact) mass is 362 g/mol. The molecule has 26 heavy (non-hydrogen) atoms. The predicted molar refractivity (Wildman–Crippen MR) is 93.3 cm³/mol. The number of cyclic esters (lactones) is 1. The molecule has 7 heteroatoms. The van der Waals surface area contributed by atoms with E-state index in [0.717, 1.165) is 18.4 Å². The number of hydrogen-bond acceptors (Lipinski definition) is 3. The smallest absolute Gasteiger partial charge is 0.410 e. The summed E-state index contributed by atoms with van der Waals surface area (Å²) in [5, 5.41) is 9.19. The zero-order valence-corrected chi connectivity index (χ0v) is 14.6. The molecule has 3 rings (SSSR count). The van der Waals surface area contributed by atoms with Crippen LogP contribution in [-0.4, -0.2) is 52.8 Å². The van der Waals surface area contributed by atoms with Gasteiger partial charge in [-0.25, -0.2) is 14.0 Å². The summed E-state index contributed by atoms with van der Waals surface area (Å²) in [6.45, 7) is 5.01. The zero-order valence-electron chi connectivity index (χ0n) is 14.6. The summed E-state index contributed by atoms with van der Waals surface area (Å²) in [7, 11) is 0.